The number of likely N-dealkylation sites (tertiary alicyclic amines) is 2. The van der Waals surface area contributed by atoms with Gasteiger partial charge in [0.15, 0.2) is 0 Å². The lowest BCUT2D eigenvalue weighted by molar-refractivity contribution is -0.207. The number of ether oxygens (including phenoxy) is 1. The number of piperidine rings is 2. The summed E-state index contributed by atoms with van der Waals surface area (Å²) in [6, 6.07) is 12.7. The van der Waals surface area contributed by atoms with Crippen molar-refractivity contribution in [3.63, 3.8) is 0 Å². The fourth-order valence-electron chi connectivity index (χ4n) is 6.31. The largest absolute Gasteiger partial charge is 0.493 e. The number of benzene rings is 2. The van der Waals surface area contributed by atoms with Gasteiger partial charge in [-0.3, -0.25) is 14.5 Å². The van der Waals surface area contributed by atoms with Crippen molar-refractivity contribution in [3.8, 4) is 5.75 Å². The standard InChI is InChI=1S/C31H36F3N3O5/c1-29(2)19-24-23(7-4-8-25(24)41-29)20-36-13-9-30(10-14-36)11-15-37(16-12-30)27(39)22-6-3-5-21(17-22)18-26(38)35-42-28(40)31(32,33)34/h3-8,17H,9-16,18-20H2,1-2H3,(H,35,38). The summed E-state index contributed by atoms with van der Waals surface area (Å²) in [7, 11) is 0. The van der Waals surface area contributed by atoms with Crippen molar-refractivity contribution in [3.05, 3.63) is 64.7 Å². The van der Waals surface area contributed by atoms with Crippen molar-refractivity contribution in [1.82, 2.24) is 15.3 Å². The number of fused-ring (bicyclic) bond motifs is 1. The molecule has 3 aliphatic rings. The van der Waals surface area contributed by atoms with E-state index in [1.165, 1.54) is 16.6 Å². The van der Waals surface area contributed by atoms with Crippen LogP contribution >= 0.6 is 0 Å². The number of nitrogens with one attached hydrogen (secondary N) is 1. The Morgan fingerprint density at radius 2 is 1.64 bits per heavy atom. The molecule has 1 N–H and O–H groups in total. The summed E-state index contributed by atoms with van der Waals surface area (Å²) in [6.45, 7) is 8.50. The fraction of sp³-hybridized carbons (Fsp3) is 0.516. The molecule has 3 aliphatic heterocycles. The van der Waals surface area contributed by atoms with E-state index in [0.717, 1.165) is 57.5 Å². The van der Waals surface area contributed by atoms with Gasteiger partial charge in [-0.2, -0.15) is 18.7 Å². The third-order valence-electron chi connectivity index (χ3n) is 8.67. The first-order valence-electron chi connectivity index (χ1n) is 14.3. The summed E-state index contributed by atoms with van der Waals surface area (Å²) in [5.74, 6) is -2.58. The molecule has 1 spiro atoms. The zero-order valence-electron chi connectivity index (χ0n) is 23.9. The van der Waals surface area contributed by atoms with E-state index in [4.69, 9.17) is 4.74 Å². The highest BCUT2D eigenvalue weighted by atomic mass is 19.4. The molecule has 2 aromatic carbocycles. The SMILES string of the molecule is CC1(C)Cc2c(CN3CCC4(CC3)CCN(C(=O)c3cccc(CC(=O)NOC(=O)C(F)(F)F)c3)CC4)cccc2O1. The van der Waals surface area contributed by atoms with Crippen molar-refractivity contribution >= 4 is 17.8 Å². The van der Waals surface area contributed by atoms with Gasteiger partial charge in [-0.15, -0.1) is 0 Å². The van der Waals surface area contributed by atoms with Crippen LogP contribution in [0.15, 0.2) is 42.5 Å². The Kier molecular flexibility index (Phi) is 8.24. The predicted molar refractivity (Wildman–Crippen MR) is 147 cm³/mol. The van der Waals surface area contributed by atoms with E-state index in [0.29, 0.717) is 24.2 Å². The number of halogens is 3. The van der Waals surface area contributed by atoms with Gasteiger partial charge in [0.2, 0.25) is 0 Å². The number of amides is 2. The molecule has 11 heteroatoms. The average Bonchev–Trinajstić information content (AvgIpc) is 3.27. The maximum Gasteiger partial charge on any atom is 0.493 e. The van der Waals surface area contributed by atoms with Crippen LogP contribution in [0.1, 0.15) is 66.6 Å². The highest BCUT2D eigenvalue weighted by molar-refractivity contribution is 5.94. The smallest absolute Gasteiger partial charge is 0.487 e. The monoisotopic (exact) mass is 587 g/mol. The van der Waals surface area contributed by atoms with Crippen LogP contribution < -0.4 is 10.2 Å². The third kappa shape index (κ3) is 6.88. The van der Waals surface area contributed by atoms with E-state index in [-0.39, 0.29) is 23.3 Å². The van der Waals surface area contributed by atoms with Gasteiger partial charge >= 0.3 is 12.1 Å². The van der Waals surface area contributed by atoms with Crippen LogP contribution in [0.25, 0.3) is 0 Å². The second-order valence-electron chi connectivity index (χ2n) is 12.3. The van der Waals surface area contributed by atoms with Crippen molar-refractivity contribution in [1.29, 1.82) is 0 Å². The van der Waals surface area contributed by atoms with Crippen molar-refractivity contribution in [2.75, 3.05) is 26.2 Å². The van der Waals surface area contributed by atoms with Gasteiger partial charge in [-0.1, -0.05) is 24.3 Å². The van der Waals surface area contributed by atoms with Crippen molar-refractivity contribution < 1.29 is 37.1 Å². The van der Waals surface area contributed by atoms with Crippen LogP contribution in [0, 0.1) is 5.41 Å². The van der Waals surface area contributed by atoms with Gasteiger partial charge in [0.05, 0.1) is 6.42 Å². The molecule has 0 unspecified atom stereocenters. The zero-order chi connectivity index (χ0) is 30.1. The number of alkyl halides is 3. The number of hydrogen-bond acceptors (Lipinski definition) is 6. The van der Waals surface area contributed by atoms with E-state index in [9.17, 15) is 27.6 Å². The molecular formula is C31H36F3N3O5. The van der Waals surface area contributed by atoms with Crippen molar-refractivity contribution in [2.45, 2.75) is 70.7 Å². The molecule has 3 heterocycles. The van der Waals surface area contributed by atoms with E-state index >= 15 is 0 Å². The molecule has 226 valence electrons. The predicted octanol–water partition coefficient (Wildman–Crippen LogP) is 4.60. The summed E-state index contributed by atoms with van der Waals surface area (Å²) < 4.78 is 42.8. The first-order chi connectivity index (χ1) is 19.8. The summed E-state index contributed by atoms with van der Waals surface area (Å²) in [5.41, 5.74) is 5.05. The van der Waals surface area contributed by atoms with Crippen LogP contribution in [-0.4, -0.2) is 65.5 Å². The lowest BCUT2D eigenvalue weighted by Gasteiger charge is -2.47. The van der Waals surface area contributed by atoms with E-state index in [2.05, 4.69) is 41.8 Å². The van der Waals surface area contributed by atoms with Crippen molar-refractivity contribution in [2.24, 2.45) is 5.41 Å². The lowest BCUT2D eigenvalue weighted by Crippen LogP contribution is -2.48. The molecular weight excluding hydrogens is 551 g/mol. The molecule has 2 amide bonds. The summed E-state index contributed by atoms with van der Waals surface area (Å²) in [4.78, 5) is 44.1. The zero-order valence-corrected chi connectivity index (χ0v) is 23.9. The molecule has 0 atom stereocenters. The minimum atomic E-state index is -5.21. The molecule has 0 saturated carbocycles. The van der Waals surface area contributed by atoms with Crippen LogP contribution in [0.4, 0.5) is 13.2 Å². The highest BCUT2D eigenvalue weighted by Gasteiger charge is 2.42. The maximum absolute atomic E-state index is 13.2. The normalized spacial score (nSPS) is 19.6. The van der Waals surface area contributed by atoms with E-state index in [1.807, 2.05) is 4.90 Å². The summed E-state index contributed by atoms with van der Waals surface area (Å²) >= 11 is 0. The van der Waals surface area contributed by atoms with Crippen LogP contribution in [-0.2, 0) is 33.8 Å². The molecule has 0 bridgehead atoms. The highest BCUT2D eigenvalue weighted by Crippen LogP contribution is 2.43. The second-order valence-corrected chi connectivity index (χ2v) is 12.3. The van der Waals surface area contributed by atoms with E-state index in [1.54, 1.807) is 24.3 Å². The number of carbonyl (C=O) groups excluding carboxylic acids is 3. The quantitative estimate of drug-likeness (QED) is 0.515. The fourth-order valence-corrected chi connectivity index (χ4v) is 6.31. The first kappa shape index (κ1) is 29.9. The number of carbonyl (C=O) groups is 3. The summed E-state index contributed by atoms with van der Waals surface area (Å²) in [6.07, 6.45) is -0.579. The van der Waals surface area contributed by atoms with Crippen LogP contribution in [0.3, 0.4) is 0 Å². The molecule has 42 heavy (non-hydrogen) atoms. The van der Waals surface area contributed by atoms with Gasteiger partial charge in [-0.05, 0) is 87.4 Å². The average molecular weight is 588 g/mol. The molecule has 2 aromatic rings. The minimum absolute atomic E-state index is 0.142. The van der Waals surface area contributed by atoms with Crippen LogP contribution in [0.5, 0.6) is 5.75 Å². The number of hydroxylamine groups is 1. The number of nitrogens with zero attached hydrogens (tertiary/aromatic N) is 2. The Morgan fingerprint density at radius 3 is 2.33 bits per heavy atom. The van der Waals surface area contributed by atoms with Crippen LogP contribution in [0.2, 0.25) is 0 Å². The first-order valence-corrected chi connectivity index (χ1v) is 14.3. The Balaban J connectivity index is 1.10. The van der Waals surface area contributed by atoms with Gasteiger partial charge in [0, 0.05) is 37.2 Å². The summed E-state index contributed by atoms with van der Waals surface area (Å²) in [5, 5.41) is 0. The van der Waals surface area contributed by atoms with E-state index < -0.39 is 18.1 Å². The topological polar surface area (TPSA) is 88.2 Å². The number of hydrogen-bond donors (Lipinski definition) is 1. The van der Waals surface area contributed by atoms with Gasteiger partial charge in [-0.25, -0.2) is 4.79 Å². The van der Waals surface area contributed by atoms with Gasteiger partial charge in [0.1, 0.15) is 11.4 Å². The Labute approximate surface area is 243 Å². The Hall–Kier alpha value is -3.60. The Morgan fingerprint density at radius 1 is 0.976 bits per heavy atom. The molecule has 0 aromatic heterocycles. The van der Waals surface area contributed by atoms with Gasteiger partial charge in [0.25, 0.3) is 11.8 Å². The molecule has 0 aliphatic carbocycles. The maximum atomic E-state index is 13.2. The molecule has 2 saturated heterocycles. The number of rotatable bonds is 5. The second kappa shape index (κ2) is 11.6. The lowest BCUT2D eigenvalue weighted by atomic mass is 9.71. The van der Waals surface area contributed by atoms with Gasteiger partial charge < -0.3 is 14.5 Å². The molecule has 0 radical (unpaired) electrons. The minimum Gasteiger partial charge on any atom is -0.487 e. The molecule has 8 nitrogen and oxygen atoms in total. The molecule has 2 fully saturated rings. The third-order valence-corrected chi connectivity index (χ3v) is 8.67. The molecule has 5 rings (SSSR count). The Bertz CT molecular complexity index is 1340.